The Kier molecular flexibility index (Phi) is 2.10. The first kappa shape index (κ1) is 10.1. The van der Waals surface area contributed by atoms with E-state index in [2.05, 4.69) is 0 Å². The molecular weight excluding hydrogens is 197 g/mol. The zero-order chi connectivity index (χ0) is 9.62. The van der Waals surface area contributed by atoms with Gasteiger partial charge in [-0.2, -0.15) is 0 Å². The van der Waals surface area contributed by atoms with Crippen molar-refractivity contribution in [1.29, 1.82) is 0 Å². The van der Waals surface area contributed by atoms with Crippen molar-refractivity contribution >= 4 is 11.6 Å². The Hall–Kier alpha value is -0.0000000000000000555. The van der Waals surface area contributed by atoms with Crippen molar-refractivity contribution in [2.45, 2.75) is 36.1 Å². The van der Waals surface area contributed by atoms with E-state index in [0.717, 1.165) is 0 Å². The summed E-state index contributed by atoms with van der Waals surface area (Å²) in [7, 11) is 0. The zero-order valence-corrected chi connectivity index (χ0v) is 6.78. The highest BCUT2D eigenvalue weighted by atomic mass is 35.5. The maximum Gasteiger partial charge on any atom is 0.305 e. The average molecular weight is 205 g/mol. The average Bonchev–Trinajstić information content (AvgIpc) is 1.83. The normalized spacial score (nSPS) is 39.5. The van der Waals surface area contributed by atoms with Crippen LogP contribution in [-0.4, -0.2) is 27.1 Å². The highest BCUT2D eigenvalue weighted by Gasteiger charge is 2.67. The van der Waals surface area contributed by atoms with Gasteiger partial charge in [0.25, 0.3) is 5.79 Å². The molecule has 0 saturated heterocycles. The molecule has 0 aliphatic heterocycles. The molecule has 0 aromatic rings. The Morgan fingerprint density at radius 3 is 1.92 bits per heavy atom. The maximum absolute atomic E-state index is 12.9. The molecule has 6 heteroatoms. The van der Waals surface area contributed by atoms with Crippen molar-refractivity contribution < 1.29 is 23.4 Å². The standard InChI is InChI=1S/C6H8ClF3O2/c7-4(8)2-1-3-5(9,10)6(4,11)12/h11-12H,1-3H2. The summed E-state index contributed by atoms with van der Waals surface area (Å²) in [5.41, 5.74) is 0. The molecule has 1 saturated carbocycles. The molecule has 2 nitrogen and oxygen atoms in total. The largest absolute Gasteiger partial charge is 0.358 e. The molecule has 1 aliphatic carbocycles. The van der Waals surface area contributed by atoms with Crippen LogP contribution in [0, 0.1) is 0 Å². The lowest BCUT2D eigenvalue weighted by atomic mass is 9.88. The molecule has 0 radical (unpaired) electrons. The Morgan fingerprint density at radius 1 is 1.08 bits per heavy atom. The maximum atomic E-state index is 12.9. The lowest BCUT2D eigenvalue weighted by molar-refractivity contribution is -0.346. The molecule has 72 valence electrons. The van der Waals surface area contributed by atoms with E-state index in [1.165, 1.54) is 0 Å². The van der Waals surface area contributed by atoms with Gasteiger partial charge in [-0.05, 0) is 6.42 Å². The summed E-state index contributed by atoms with van der Waals surface area (Å²) in [6.45, 7) is 0. The molecule has 1 rings (SSSR count). The third kappa shape index (κ3) is 1.20. The van der Waals surface area contributed by atoms with Crippen LogP contribution in [0.15, 0.2) is 0 Å². The molecule has 1 atom stereocenters. The summed E-state index contributed by atoms with van der Waals surface area (Å²) < 4.78 is 38.2. The van der Waals surface area contributed by atoms with Crippen molar-refractivity contribution in [3.63, 3.8) is 0 Å². The quantitative estimate of drug-likeness (QED) is 0.463. The van der Waals surface area contributed by atoms with E-state index in [9.17, 15) is 13.2 Å². The molecule has 0 aromatic heterocycles. The van der Waals surface area contributed by atoms with Gasteiger partial charge in [-0.25, -0.2) is 13.2 Å². The Bertz CT molecular complexity index is 175. The van der Waals surface area contributed by atoms with Crippen LogP contribution >= 0.6 is 11.6 Å². The number of aliphatic hydroxyl groups is 2. The summed E-state index contributed by atoms with van der Waals surface area (Å²) in [6.07, 6.45) is -1.43. The van der Waals surface area contributed by atoms with Crippen LogP contribution in [0.4, 0.5) is 13.2 Å². The van der Waals surface area contributed by atoms with Crippen LogP contribution in [0.2, 0.25) is 0 Å². The van der Waals surface area contributed by atoms with Gasteiger partial charge in [0.1, 0.15) is 0 Å². The van der Waals surface area contributed by atoms with Gasteiger partial charge in [0.05, 0.1) is 0 Å². The van der Waals surface area contributed by atoms with Gasteiger partial charge in [-0.1, -0.05) is 11.6 Å². The third-order valence-electron chi connectivity index (χ3n) is 2.00. The first-order valence-corrected chi connectivity index (χ1v) is 3.79. The van der Waals surface area contributed by atoms with Crippen molar-refractivity contribution in [2.24, 2.45) is 0 Å². The van der Waals surface area contributed by atoms with Crippen molar-refractivity contribution in [2.75, 3.05) is 0 Å². The van der Waals surface area contributed by atoms with Crippen LogP contribution in [0.3, 0.4) is 0 Å². The topological polar surface area (TPSA) is 40.5 Å². The fourth-order valence-corrected chi connectivity index (χ4v) is 1.42. The Morgan fingerprint density at radius 2 is 1.58 bits per heavy atom. The Labute approximate surface area is 71.9 Å². The molecule has 1 fully saturated rings. The lowest BCUT2D eigenvalue weighted by Crippen LogP contribution is -2.62. The molecule has 1 aliphatic rings. The van der Waals surface area contributed by atoms with Crippen LogP contribution in [0.1, 0.15) is 19.3 Å². The molecular formula is C6H8ClF3O2. The highest BCUT2D eigenvalue weighted by molar-refractivity contribution is 6.23. The summed E-state index contributed by atoms with van der Waals surface area (Å²) in [5.74, 6) is -7.65. The molecule has 0 bridgehead atoms. The molecule has 12 heavy (non-hydrogen) atoms. The van der Waals surface area contributed by atoms with Gasteiger partial charge < -0.3 is 10.2 Å². The van der Waals surface area contributed by atoms with E-state index in [1.54, 1.807) is 0 Å². The molecule has 0 spiro atoms. The summed E-state index contributed by atoms with van der Waals surface area (Å²) in [4.78, 5) is 0. The number of alkyl halides is 4. The highest BCUT2D eigenvalue weighted by Crippen LogP contribution is 2.49. The number of hydrogen-bond donors (Lipinski definition) is 2. The molecule has 2 N–H and O–H groups in total. The van der Waals surface area contributed by atoms with Crippen LogP contribution < -0.4 is 0 Å². The third-order valence-corrected chi connectivity index (χ3v) is 2.45. The van der Waals surface area contributed by atoms with Gasteiger partial charge in [0.15, 0.2) is 0 Å². The zero-order valence-electron chi connectivity index (χ0n) is 6.03. The SMILES string of the molecule is OC1(O)C(F)(F)CCCC1(F)Cl. The number of halogens is 4. The summed E-state index contributed by atoms with van der Waals surface area (Å²) in [5, 5.41) is 14.3. The Balaban J connectivity index is 2.99. The second-order valence-electron chi connectivity index (χ2n) is 2.93. The minimum Gasteiger partial charge on any atom is -0.358 e. The van der Waals surface area contributed by atoms with E-state index >= 15 is 0 Å². The van der Waals surface area contributed by atoms with Gasteiger partial charge in [-0.15, -0.1) is 0 Å². The van der Waals surface area contributed by atoms with E-state index in [-0.39, 0.29) is 6.42 Å². The summed E-state index contributed by atoms with van der Waals surface area (Å²) >= 11 is 4.90. The predicted molar refractivity (Wildman–Crippen MR) is 35.7 cm³/mol. The van der Waals surface area contributed by atoms with Crippen LogP contribution in [0.5, 0.6) is 0 Å². The second kappa shape index (κ2) is 2.49. The van der Waals surface area contributed by atoms with Crippen molar-refractivity contribution in [3.8, 4) is 0 Å². The lowest BCUT2D eigenvalue weighted by Gasteiger charge is -2.41. The monoisotopic (exact) mass is 204 g/mol. The van der Waals surface area contributed by atoms with Gasteiger partial charge in [0.2, 0.25) is 5.13 Å². The number of hydrogen-bond acceptors (Lipinski definition) is 2. The first-order chi connectivity index (χ1) is 5.21. The van der Waals surface area contributed by atoms with Crippen molar-refractivity contribution in [3.05, 3.63) is 0 Å². The van der Waals surface area contributed by atoms with Gasteiger partial charge in [-0.3, -0.25) is 0 Å². The van der Waals surface area contributed by atoms with E-state index < -0.39 is 29.7 Å². The van der Waals surface area contributed by atoms with Crippen LogP contribution in [0.25, 0.3) is 0 Å². The van der Waals surface area contributed by atoms with E-state index in [4.69, 9.17) is 21.8 Å². The van der Waals surface area contributed by atoms with Gasteiger partial charge >= 0.3 is 5.92 Å². The first-order valence-electron chi connectivity index (χ1n) is 3.41. The molecule has 0 aromatic carbocycles. The number of rotatable bonds is 0. The minimum absolute atomic E-state index is 0.171. The minimum atomic E-state index is -3.89. The second-order valence-corrected chi connectivity index (χ2v) is 3.53. The summed E-state index contributed by atoms with van der Waals surface area (Å²) in [6, 6.07) is 0. The van der Waals surface area contributed by atoms with Crippen molar-refractivity contribution in [1.82, 2.24) is 0 Å². The smallest absolute Gasteiger partial charge is 0.305 e. The fourth-order valence-electron chi connectivity index (χ4n) is 1.15. The molecule has 0 amide bonds. The van der Waals surface area contributed by atoms with E-state index in [0.29, 0.717) is 0 Å². The molecule has 1 unspecified atom stereocenters. The van der Waals surface area contributed by atoms with E-state index in [1.807, 2.05) is 0 Å². The predicted octanol–water partition coefficient (Wildman–Crippen LogP) is 1.39. The fraction of sp³-hybridized carbons (Fsp3) is 1.00. The molecule has 0 heterocycles. The van der Waals surface area contributed by atoms with Crippen LogP contribution in [-0.2, 0) is 0 Å². The van der Waals surface area contributed by atoms with Gasteiger partial charge in [0, 0.05) is 12.8 Å².